The third-order valence-corrected chi connectivity index (χ3v) is 3.50. The molecule has 0 spiro atoms. The first-order valence-electron chi connectivity index (χ1n) is 7.57. The van der Waals surface area contributed by atoms with E-state index in [9.17, 15) is 0 Å². The van der Waals surface area contributed by atoms with Crippen molar-refractivity contribution < 1.29 is 18.9 Å². The van der Waals surface area contributed by atoms with Gasteiger partial charge in [-0.1, -0.05) is 30.0 Å². The molecule has 0 aromatic heterocycles. The van der Waals surface area contributed by atoms with Crippen molar-refractivity contribution in [2.24, 2.45) is 0 Å². The predicted molar refractivity (Wildman–Crippen MR) is 96.8 cm³/mol. The first-order chi connectivity index (χ1) is 10.6. The number of aryl methyl sites for hydroxylation is 1. The van der Waals surface area contributed by atoms with Crippen LogP contribution in [0.4, 0.5) is 5.69 Å². The zero-order valence-electron chi connectivity index (χ0n) is 15.0. The minimum absolute atomic E-state index is 0. The first-order valence-corrected chi connectivity index (χ1v) is 7.57. The van der Waals surface area contributed by atoms with Crippen LogP contribution >= 0.6 is 0 Å². The van der Waals surface area contributed by atoms with E-state index in [-0.39, 0.29) is 18.9 Å². The van der Waals surface area contributed by atoms with Crippen LogP contribution < -0.4 is 23.8 Å². The van der Waals surface area contributed by atoms with Crippen LogP contribution in [-0.2, 0) is 6.54 Å². The average Bonchev–Trinajstić information content (AvgIpc) is 2.55. The molecule has 0 amide bonds. The Kier molecular flexibility index (Phi) is 11.6. The van der Waals surface area contributed by atoms with E-state index in [0.29, 0.717) is 0 Å². The molecule has 0 N–H and O–H groups in total. The average molecular weight is 302 g/mol. The number of benzene rings is 2. The molecule has 0 heterocycles. The fraction of sp³-hybridized carbons (Fsp3) is 0.300. The summed E-state index contributed by atoms with van der Waals surface area (Å²) in [4.78, 5) is 4.27. The Morgan fingerprint density at radius 2 is 1.52 bits per heavy atom. The summed E-state index contributed by atoms with van der Waals surface area (Å²) in [5.74, 6) is 0. The van der Waals surface area contributed by atoms with Crippen molar-refractivity contribution in [3.63, 3.8) is 0 Å². The molecule has 0 bridgehead atoms. The molecule has 2 nitrogen and oxygen atoms in total. The van der Waals surface area contributed by atoms with Gasteiger partial charge in [-0.2, -0.15) is 18.2 Å². The molecule has 2 aromatic carbocycles. The van der Waals surface area contributed by atoms with E-state index in [1.54, 1.807) is 0 Å². The third kappa shape index (κ3) is 8.28. The number of anilines is 1. The largest absolute Gasteiger partial charge is 1.00 e. The van der Waals surface area contributed by atoms with Crippen molar-refractivity contribution in [3.8, 4) is 0 Å². The van der Waals surface area contributed by atoms with Gasteiger partial charge in [-0.05, 0) is 18.1 Å². The fourth-order valence-electron chi connectivity index (χ4n) is 1.97. The van der Waals surface area contributed by atoms with Gasteiger partial charge in [-0.15, -0.1) is 25.2 Å². The Morgan fingerprint density at radius 1 is 0.957 bits per heavy atom. The van der Waals surface area contributed by atoms with Crippen molar-refractivity contribution in [3.05, 3.63) is 79.6 Å². The molecule has 0 aliphatic heterocycles. The van der Waals surface area contributed by atoms with Crippen LogP contribution in [0.25, 0.3) is 0 Å². The van der Waals surface area contributed by atoms with Gasteiger partial charge < -0.3 is 23.6 Å². The summed E-state index contributed by atoms with van der Waals surface area (Å²) in [7, 11) is 4.05. The monoisotopic (exact) mass is 302 g/mol. The molecule has 2 aromatic rings. The van der Waals surface area contributed by atoms with Crippen LogP contribution in [0.1, 0.15) is 11.1 Å². The Balaban J connectivity index is 0.000000427. The first kappa shape index (κ1) is 21.8. The zero-order chi connectivity index (χ0) is 16.4. The maximum absolute atomic E-state index is 3.87. The Morgan fingerprint density at radius 3 is 1.96 bits per heavy atom. The standard InChI is InChI=1S/C12H17N.C8H10N.Li/c1-4-13(5-2)10-12-9-7-6-8-11(12)3;1-9(2)8-6-4-3-5-7-8;/h6-9H,1-2,4-5,10H2,3H3;4-7H,1-2H3;/q-2;-1;+1. The van der Waals surface area contributed by atoms with E-state index in [2.05, 4.69) is 60.9 Å². The van der Waals surface area contributed by atoms with E-state index >= 15 is 0 Å². The van der Waals surface area contributed by atoms with Crippen molar-refractivity contribution in [2.45, 2.75) is 13.5 Å². The van der Waals surface area contributed by atoms with E-state index in [0.717, 1.165) is 19.6 Å². The summed E-state index contributed by atoms with van der Waals surface area (Å²) < 4.78 is 0. The van der Waals surface area contributed by atoms with Crippen LogP contribution in [0.3, 0.4) is 0 Å². The Bertz CT molecular complexity index is 522. The SMILES string of the molecule is CN(C)c1cc[c-]cc1.[CH2-]CN(C[CH2-])Cc1ccccc1C.[Li+]. The number of hydrogen-bond donors (Lipinski definition) is 0. The minimum atomic E-state index is 0. The van der Waals surface area contributed by atoms with Crippen LogP contribution in [0, 0.1) is 26.8 Å². The second-order valence-corrected chi connectivity index (χ2v) is 5.36. The van der Waals surface area contributed by atoms with E-state index in [4.69, 9.17) is 0 Å². The quantitative estimate of drug-likeness (QED) is 0.601. The number of nitrogens with zero attached hydrogens (tertiary/aromatic N) is 2. The molecule has 0 radical (unpaired) electrons. The fourth-order valence-corrected chi connectivity index (χ4v) is 1.97. The summed E-state index contributed by atoms with van der Waals surface area (Å²) in [6.45, 7) is 12.5. The summed E-state index contributed by atoms with van der Waals surface area (Å²) in [6, 6.07) is 19.3. The number of rotatable bonds is 5. The molecule has 0 atom stereocenters. The summed E-state index contributed by atoms with van der Waals surface area (Å²) in [5.41, 5.74) is 3.93. The van der Waals surface area contributed by atoms with Gasteiger partial charge in [0.15, 0.2) is 0 Å². The van der Waals surface area contributed by atoms with Crippen molar-refractivity contribution in [1.82, 2.24) is 4.90 Å². The topological polar surface area (TPSA) is 6.48 Å². The van der Waals surface area contributed by atoms with Crippen molar-refractivity contribution in [1.29, 1.82) is 0 Å². The minimum Gasteiger partial charge on any atom is -0.399 e. The maximum Gasteiger partial charge on any atom is 1.00 e. The molecular weight excluding hydrogens is 275 g/mol. The molecule has 0 aliphatic rings. The van der Waals surface area contributed by atoms with Gasteiger partial charge in [-0.25, -0.2) is 0 Å². The second-order valence-electron chi connectivity index (χ2n) is 5.36. The second kappa shape index (κ2) is 12.2. The smallest absolute Gasteiger partial charge is 0.399 e. The van der Waals surface area contributed by atoms with Gasteiger partial charge in [-0.3, -0.25) is 0 Å². The third-order valence-electron chi connectivity index (χ3n) is 3.50. The summed E-state index contributed by atoms with van der Waals surface area (Å²) in [5, 5.41) is 0. The molecule has 120 valence electrons. The van der Waals surface area contributed by atoms with Gasteiger partial charge in [0, 0.05) is 20.6 Å². The molecule has 23 heavy (non-hydrogen) atoms. The van der Waals surface area contributed by atoms with E-state index in [1.165, 1.54) is 16.8 Å². The molecule has 0 unspecified atom stereocenters. The molecule has 0 saturated heterocycles. The van der Waals surface area contributed by atoms with Gasteiger partial charge in [0.2, 0.25) is 0 Å². The van der Waals surface area contributed by atoms with Gasteiger partial charge >= 0.3 is 18.9 Å². The number of hydrogen-bond acceptors (Lipinski definition) is 2. The van der Waals surface area contributed by atoms with Gasteiger partial charge in [0.05, 0.1) is 0 Å². The van der Waals surface area contributed by atoms with Crippen molar-refractivity contribution >= 4 is 5.69 Å². The maximum atomic E-state index is 3.87. The van der Waals surface area contributed by atoms with Crippen LogP contribution in [0.5, 0.6) is 0 Å². The van der Waals surface area contributed by atoms with Gasteiger partial charge in [0.25, 0.3) is 0 Å². The molecular formula is C20H27LiN2-2. The Labute approximate surface area is 154 Å². The van der Waals surface area contributed by atoms with Crippen molar-refractivity contribution in [2.75, 3.05) is 32.1 Å². The van der Waals surface area contributed by atoms with Gasteiger partial charge in [0.1, 0.15) is 0 Å². The summed E-state index contributed by atoms with van der Waals surface area (Å²) in [6.07, 6.45) is 0. The van der Waals surface area contributed by atoms with Crippen LogP contribution in [-0.4, -0.2) is 32.1 Å². The van der Waals surface area contributed by atoms with Crippen LogP contribution in [0.15, 0.2) is 48.5 Å². The molecule has 2 rings (SSSR count). The van der Waals surface area contributed by atoms with Crippen LogP contribution in [0.2, 0.25) is 0 Å². The molecule has 0 saturated carbocycles. The summed E-state index contributed by atoms with van der Waals surface area (Å²) >= 11 is 0. The molecule has 3 heteroatoms. The molecule has 0 aliphatic carbocycles. The zero-order valence-corrected chi connectivity index (χ0v) is 15.0. The normalized spacial score (nSPS) is 9.65. The Hall–Kier alpha value is -1.20. The van der Waals surface area contributed by atoms with E-state index in [1.807, 2.05) is 38.4 Å². The van der Waals surface area contributed by atoms with E-state index < -0.39 is 0 Å². The predicted octanol–water partition coefficient (Wildman–Crippen LogP) is 1.02. The molecule has 0 fully saturated rings.